The summed E-state index contributed by atoms with van der Waals surface area (Å²) in [6, 6.07) is 12.9. The van der Waals surface area contributed by atoms with Crippen molar-refractivity contribution in [2.75, 3.05) is 19.6 Å². The van der Waals surface area contributed by atoms with E-state index in [0.29, 0.717) is 23.3 Å². The number of nitrogens with one attached hydrogen (secondary N) is 1. The molecule has 3 aromatic rings. The van der Waals surface area contributed by atoms with E-state index in [1.54, 1.807) is 31.3 Å². The van der Waals surface area contributed by atoms with Crippen molar-refractivity contribution in [2.45, 2.75) is 25.7 Å². The molecular formula is C23H25N3O4. The summed E-state index contributed by atoms with van der Waals surface area (Å²) in [6.07, 6.45) is 3.69. The molecule has 0 saturated carbocycles. The molecule has 7 heteroatoms. The van der Waals surface area contributed by atoms with Crippen LogP contribution in [-0.4, -0.2) is 40.9 Å². The van der Waals surface area contributed by atoms with E-state index in [-0.39, 0.29) is 17.6 Å². The molecule has 4 rings (SSSR count). The van der Waals surface area contributed by atoms with E-state index in [1.165, 1.54) is 9.47 Å². The zero-order valence-corrected chi connectivity index (χ0v) is 17.0. The lowest BCUT2D eigenvalue weighted by atomic mass is 10.1. The van der Waals surface area contributed by atoms with Crippen molar-refractivity contribution in [1.29, 1.82) is 0 Å². The van der Waals surface area contributed by atoms with Crippen LogP contribution in [0, 0.1) is 0 Å². The largest absolute Gasteiger partial charge is 0.419 e. The molecule has 0 unspecified atom stereocenters. The molecule has 30 heavy (non-hydrogen) atoms. The van der Waals surface area contributed by atoms with Crippen LogP contribution in [0.1, 0.15) is 45.5 Å². The van der Waals surface area contributed by atoms with Crippen LogP contribution in [0.4, 0.5) is 0 Å². The molecule has 2 heterocycles. The number of oxazole rings is 1. The van der Waals surface area contributed by atoms with Crippen LogP contribution in [0.2, 0.25) is 0 Å². The minimum atomic E-state index is -0.340. The maximum atomic E-state index is 12.3. The molecule has 2 amide bonds. The Morgan fingerprint density at radius 2 is 1.60 bits per heavy atom. The van der Waals surface area contributed by atoms with E-state index in [2.05, 4.69) is 5.32 Å². The highest BCUT2D eigenvalue weighted by molar-refractivity contribution is 6.21. The third-order valence-electron chi connectivity index (χ3n) is 5.54. The predicted octanol–water partition coefficient (Wildman–Crippen LogP) is 2.73. The number of nitrogens with zero attached hydrogens (tertiary/aromatic N) is 2. The van der Waals surface area contributed by atoms with Crippen LogP contribution in [0.5, 0.6) is 0 Å². The molecule has 0 fully saturated rings. The zero-order valence-electron chi connectivity index (χ0n) is 17.0. The zero-order chi connectivity index (χ0) is 21.1. The molecular weight excluding hydrogens is 382 g/mol. The first-order chi connectivity index (χ1) is 14.6. The number of amides is 2. The van der Waals surface area contributed by atoms with Gasteiger partial charge in [0, 0.05) is 13.6 Å². The number of hydrogen-bond donors (Lipinski definition) is 1. The monoisotopic (exact) mass is 407 g/mol. The highest BCUT2D eigenvalue weighted by Crippen LogP contribution is 2.22. The van der Waals surface area contributed by atoms with E-state index in [9.17, 15) is 14.4 Å². The van der Waals surface area contributed by atoms with Crippen molar-refractivity contribution in [2.24, 2.45) is 7.05 Å². The van der Waals surface area contributed by atoms with Gasteiger partial charge in [-0.05, 0) is 68.6 Å². The smallest absolute Gasteiger partial charge is 0.408 e. The molecule has 0 spiro atoms. The van der Waals surface area contributed by atoms with Crippen molar-refractivity contribution in [3.8, 4) is 0 Å². The fourth-order valence-electron chi connectivity index (χ4n) is 3.84. The van der Waals surface area contributed by atoms with Crippen LogP contribution in [-0.2, 0) is 13.5 Å². The number of carbonyl (C=O) groups is 2. The molecule has 1 aromatic heterocycles. The summed E-state index contributed by atoms with van der Waals surface area (Å²) in [6.45, 7) is 2.07. The molecule has 7 nitrogen and oxygen atoms in total. The molecule has 0 aliphatic carbocycles. The van der Waals surface area contributed by atoms with Gasteiger partial charge in [-0.1, -0.05) is 18.2 Å². The minimum Gasteiger partial charge on any atom is -0.408 e. The average Bonchev–Trinajstić information content (AvgIpc) is 3.17. The maximum Gasteiger partial charge on any atom is 0.419 e. The first-order valence-electron chi connectivity index (χ1n) is 10.3. The van der Waals surface area contributed by atoms with Gasteiger partial charge in [0.05, 0.1) is 16.6 Å². The van der Waals surface area contributed by atoms with Crippen LogP contribution in [0.15, 0.2) is 51.7 Å². The molecule has 0 saturated heterocycles. The Bertz CT molecular complexity index is 1110. The number of aromatic nitrogens is 1. The van der Waals surface area contributed by atoms with Crippen molar-refractivity contribution in [3.05, 3.63) is 69.7 Å². The number of benzene rings is 2. The summed E-state index contributed by atoms with van der Waals surface area (Å²) in [5, 5.41) is 3.37. The van der Waals surface area contributed by atoms with Crippen molar-refractivity contribution in [3.63, 3.8) is 0 Å². The lowest BCUT2D eigenvalue weighted by Gasteiger charge is -2.13. The van der Waals surface area contributed by atoms with Gasteiger partial charge in [0.25, 0.3) is 11.8 Å². The van der Waals surface area contributed by atoms with Gasteiger partial charge in [-0.2, -0.15) is 0 Å². The number of fused-ring (bicyclic) bond motifs is 2. The minimum absolute atomic E-state index is 0.193. The lowest BCUT2D eigenvalue weighted by Crippen LogP contribution is -2.32. The Labute approximate surface area is 174 Å². The Balaban J connectivity index is 1.14. The first kappa shape index (κ1) is 20.1. The fraction of sp³-hybridized carbons (Fsp3) is 0.348. The maximum absolute atomic E-state index is 12.3. The molecule has 1 N–H and O–H groups in total. The molecule has 0 radical (unpaired) electrons. The topological polar surface area (TPSA) is 84.6 Å². The average molecular weight is 407 g/mol. The SMILES string of the molecule is Cn1c(=O)oc2cc(CCCCNCCCN3C(=O)c4ccccc4C3=O)ccc21. The number of imide groups is 1. The van der Waals surface area contributed by atoms with Crippen LogP contribution >= 0.6 is 0 Å². The quantitative estimate of drug-likeness (QED) is 0.436. The molecule has 1 aliphatic rings. The van der Waals surface area contributed by atoms with Crippen LogP contribution in [0.3, 0.4) is 0 Å². The summed E-state index contributed by atoms with van der Waals surface area (Å²) in [5.74, 6) is -0.726. The van der Waals surface area contributed by atoms with E-state index >= 15 is 0 Å². The van der Waals surface area contributed by atoms with Crippen LogP contribution < -0.4 is 11.1 Å². The number of unbranched alkanes of at least 4 members (excludes halogenated alkanes) is 1. The van der Waals surface area contributed by atoms with E-state index in [0.717, 1.165) is 49.9 Å². The normalized spacial score (nSPS) is 13.4. The molecule has 156 valence electrons. The number of carbonyl (C=O) groups excluding carboxylic acids is 2. The second-order valence-electron chi connectivity index (χ2n) is 7.60. The van der Waals surface area contributed by atoms with Gasteiger partial charge in [-0.15, -0.1) is 0 Å². The third-order valence-corrected chi connectivity index (χ3v) is 5.54. The second-order valence-corrected chi connectivity index (χ2v) is 7.60. The Hall–Kier alpha value is -3.19. The fourth-order valence-corrected chi connectivity index (χ4v) is 3.84. The standard InChI is InChI=1S/C23H25N3O4/c1-25-19-11-10-16(15-20(19)30-23(25)29)7-4-5-12-24-13-6-14-26-21(27)17-8-2-3-9-18(17)22(26)28/h2-3,8-11,15,24H,4-7,12-14H2,1H3. The van der Waals surface area contributed by atoms with Gasteiger partial charge in [0.2, 0.25) is 0 Å². The van der Waals surface area contributed by atoms with Crippen molar-refractivity contribution in [1.82, 2.24) is 14.8 Å². The third kappa shape index (κ3) is 3.93. The highest BCUT2D eigenvalue weighted by Gasteiger charge is 2.34. The van der Waals surface area contributed by atoms with E-state index in [4.69, 9.17) is 4.42 Å². The van der Waals surface area contributed by atoms with Gasteiger partial charge in [-0.25, -0.2) is 4.79 Å². The summed E-state index contributed by atoms with van der Waals surface area (Å²) >= 11 is 0. The van der Waals surface area contributed by atoms with Gasteiger partial charge < -0.3 is 9.73 Å². The molecule has 0 atom stereocenters. The summed E-state index contributed by atoms with van der Waals surface area (Å²) in [4.78, 5) is 37.5. The van der Waals surface area contributed by atoms with Gasteiger partial charge in [-0.3, -0.25) is 19.1 Å². The number of aryl methyl sites for hydroxylation is 2. The summed E-state index contributed by atoms with van der Waals surface area (Å²) in [5.41, 5.74) is 3.60. The summed E-state index contributed by atoms with van der Waals surface area (Å²) < 4.78 is 6.74. The first-order valence-corrected chi connectivity index (χ1v) is 10.3. The predicted molar refractivity (Wildman–Crippen MR) is 114 cm³/mol. The van der Waals surface area contributed by atoms with E-state index in [1.807, 2.05) is 18.2 Å². The Morgan fingerprint density at radius 3 is 2.33 bits per heavy atom. The van der Waals surface area contributed by atoms with Crippen molar-refractivity contribution < 1.29 is 14.0 Å². The Morgan fingerprint density at radius 1 is 0.900 bits per heavy atom. The van der Waals surface area contributed by atoms with Crippen molar-refractivity contribution >= 4 is 22.9 Å². The number of hydrogen-bond acceptors (Lipinski definition) is 5. The molecule has 0 bridgehead atoms. The van der Waals surface area contributed by atoms with Gasteiger partial charge in [0.1, 0.15) is 0 Å². The Kier molecular flexibility index (Phi) is 5.81. The second kappa shape index (κ2) is 8.67. The van der Waals surface area contributed by atoms with Crippen LogP contribution in [0.25, 0.3) is 11.1 Å². The van der Waals surface area contributed by atoms with Gasteiger partial charge in [0.15, 0.2) is 5.58 Å². The van der Waals surface area contributed by atoms with E-state index < -0.39 is 0 Å². The lowest BCUT2D eigenvalue weighted by molar-refractivity contribution is 0.0652. The van der Waals surface area contributed by atoms with Gasteiger partial charge >= 0.3 is 5.76 Å². The highest BCUT2D eigenvalue weighted by atomic mass is 16.4. The number of rotatable bonds is 9. The molecule has 2 aromatic carbocycles. The summed E-state index contributed by atoms with van der Waals surface area (Å²) in [7, 11) is 1.70. The molecule has 1 aliphatic heterocycles.